The Kier molecular flexibility index (Phi) is 3.99. The van der Waals surface area contributed by atoms with Crippen LogP contribution in [0.5, 0.6) is 0 Å². The average molecular weight is 242 g/mol. The first-order valence-corrected chi connectivity index (χ1v) is 6.73. The molecule has 2 heteroatoms. The van der Waals surface area contributed by atoms with Crippen LogP contribution < -0.4 is 0 Å². The quantitative estimate of drug-likeness (QED) is 0.814. The van der Waals surface area contributed by atoms with Gasteiger partial charge in [0.05, 0.1) is 0 Å². The van der Waals surface area contributed by atoms with Gasteiger partial charge < -0.3 is 0 Å². The number of carbonyl (C=O) groups is 1. The molecule has 2 aromatic rings. The molecular weight excluding hydrogens is 228 g/mol. The normalized spacial score (nSPS) is 10.2. The lowest BCUT2D eigenvalue weighted by molar-refractivity contribution is 0.108. The zero-order valence-electron chi connectivity index (χ0n) is 9.72. The molecule has 1 nitrogen and oxygen atoms in total. The van der Waals surface area contributed by atoms with E-state index in [-0.39, 0.29) is 5.12 Å². The van der Waals surface area contributed by atoms with Gasteiger partial charge in [-0.1, -0.05) is 60.3 Å². The van der Waals surface area contributed by atoms with Gasteiger partial charge in [-0.25, -0.2) is 0 Å². The zero-order valence-corrected chi connectivity index (χ0v) is 10.5. The van der Waals surface area contributed by atoms with Crippen molar-refractivity contribution in [2.75, 3.05) is 6.26 Å². The van der Waals surface area contributed by atoms with Gasteiger partial charge in [0.25, 0.3) is 0 Å². The van der Waals surface area contributed by atoms with Crippen LogP contribution in [0.3, 0.4) is 0 Å². The van der Waals surface area contributed by atoms with Crippen LogP contribution in [0.15, 0.2) is 54.6 Å². The minimum atomic E-state index is 0.125. The largest absolute Gasteiger partial charge is 0.282 e. The first-order valence-electron chi connectivity index (χ1n) is 5.51. The average Bonchev–Trinajstić information content (AvgIpc) is 2.39. The molecule has 86 valence electrons. The molecule has 0 fully saturated rings. The highest BCUT2D eigenvalue weighted by Gasteiger charge is 2.04. The van der Waals surface area contributed by atoms with Crippen LogP contribution in [0.1, 0.15) is 21.5 Å². The number of carbonyl (C=O) groups excluding carboxylic acids is 1. The monoisotopic (exact) mass is 242 g/mol. The van der Waals surface area contributed by atoms with Gasteiger partial charge in [0.15, 0.2) is 0 Å². The Morgan fingerprint density at radius 1 is 1.00 bits per heavy atom. The predicted octanol–water partition coefficient (Wildman–Crippen LogP) is 3.78. The summed E-state index contributed by atoms with van der Waals surface area (Å²) in [5.41, 5.74) is 3.23. The molecule has 0 amide bonds. The number of thioether (sulfide) groups is 1. The van der Waals surface area contributed by atoms with Gasteiger partial charge in [-0.15, -0.1) is 0 Å². The fourth-order valence-corrected chi connectivity index (χ4v) is 2.12. The fraction of sp³-hybridized carbons (Fsp3) is 0.133. The number of hydrogen-bond acceptors (Lipinski definition) is 2. The molecule has 17 heavy (non-hydrogen) atoms. The number of hydrogen-bond donors (Lipinski definition) is 0. The van der Waals surface area contributed by atoms with Crippen LogP contribution in [-0.2, 0) is 6.42 Å². The second-order valence-corrected chi connectivity index (χ2v) is 4.63. The summed E-state index contributed by atoms with van der Waals surface area (Å²) in [7, 11) is 0. The van der Waals surface area contributed by atoms with Crippen molar-refractivity contribution in [1.29, 1.82) is 0 Å². The maximum atomic E-state index is 11.6. The number of benzene rings is 2. The summed E-state index contributed by atoms with van der Waals surface area (Å²) in [6, 6.07) is 18.1. The van der Waals surface area contributed by atoms with Gasteiger partial charge >= 0.3 is 0 Å². The van der Waals surface area contributed by atoms with Gasteiger partial charge in [0.1, 0.15) is 0 Å². The Bertz CT molecular complexity index is 505. The van der Waals surface area contributed by atoms with Crippen molar-refractivity contribution in [1.82, 2.24) is 0 Å². The molecule has 0 spiro atoms. The van der Waals surface area contributed by atoms with E-state index in [4.69, 9.17) is 0 Å². The summed E-state index contributed by atoms with van der Waals surface area (Å²) in [5.74, 6) is 0. The van der Waals surface area contributed by atoms with Gasteiger partial charge in [-0.05, 0) is 29.9 Å². The first-order chi connectivity index (χ1) is 8.29. The Morgan fingerprint density at radius 2 is 1.71 bits per heavy atom. The Balaban J connectivity index is 2.20. The summed E-state index contributed by atoms with van der Waals surface area (Å²) in [4.78, 5) is 11.6. The molecule has 0 atom stereocenters. The lowest BCUT2D eigenvalue weighted by Crippen LogP contribution is -1.95. The fourth-order valence-electron chi connectivity index (χ4n) is 1.76. The maximum absolute atomic E-state index is 11.6. The van der Waals surface area contributed by atoms with E-state index < -0.39 is 0 Å². The molecule has 0 unspecified atom stereocenters. The molecule has 0 aromatic heterocycles. The summed E-state index contributed by atoms with van der Waals surface area (Å²) in [6.45, 7) is 0. The Hall–Kier alpha value is -1.54. The smallest absolute Gasteiger partial charge is 0.219 e. The SMILES string of the molecule is CSC(=O)c1cccc(Cc2ccccc2)c1. The van der Waals surface area contributed by atoms with Gasteiger partial charge in [-0.2, -0.15) is 0 Å². The highest BCUT2D eigenvalue weighted by molar-refractivity contribution is 8.13. The van der Waals surface area contributed by atoms with E-state index in [9.17, 15) is 4.79 Å². The second-order valence-electron chi connectivity index (χ2n) is 3.85. The highest BCUT2D eigenvalue weighted by atomic mass is 32.2. The van der Waals surface area contributed by atoms with Gasteiger partial charge in [-0.3, -0.25) is 4.79 Å². The van der Waals surface area contributed by atoms with Gasteiger partial charge in [0, 0.05) is 5.56 Å². The van der Waals surface area contributed by atoms with Crippen molar-refractivity contribution in [3.8, 4) is 0 Å². The Labute approximate surface area is 106 Å². The van der Waals surface area contributed by atoms with Crippen molar-refractivity contribution >= 4 is 16.9 Å². The minimum absolute atomic E-state index is 0.125. The third kappa shape index (κ3) is 3.21. The molecule has 0 bridgehead atoms. The molecule has 0 radical (unpaired) electrons. The van der Waals surface area contributed by atoms with Crippen molar-refractivity contribution in [3.05, 3.63) is 71.3 Å². The summed E-state index contributed by atoms with van der Waals surface area (Å²) >= 11 is 1.25. The van der Waals surface area contributed by atoms with Crippen molar-refractivity contribution in [3.63, 3.8) is 0 Å². The van der Waals surface area contributed by atoms with Crippen molar-refractivity contribution < 1.29 is 4.79 Å². The molecule has 0 aliphatic rings. The van der Waals surface area contributed by atoms with E-state index in [0.717, 1.165) is 12.0 Å². The molecule has 0 aliphatic heterocycles. The van der Waals surface area contributed by atoms with Crippen LogP contribution in [0.25, 0.3) is 0 Å². The van der Waals surface area contributed by atoms with E-state index in [1.54, 1.807) is 0 Å². The number of rotatable bonds is 3. The van der Waals surface area contributed by atoms with E-state index in [1.807, 2.05) is 42.7 Å². The Morgan fingerprint density at radius 3 is 2.41 bits per heavy atom. The lowest BCUT2D eigenvalue weighted by atomic mass is 10.0. The molecule has 2 aromatic carbocycles. The topological polar surface area (TPSA) is 17.1 Å². The summed E-state index contributed by atoms with van der Waals surface area (Å²) < 4.78 is 0. The molecule has 0 heterocycles. The predicted molar refractivity (Wildman–Crippen MR) is 73.5 cm³/mol. The third-order valence-corrected chi connectivity index (χ3v) is 3.21. The molecule has 0 saturated carbocycles. The van der Waals surface area contributed by atoms with Crippen LogP contribution in [0.2, 0.25) is 0 Å². The summed E-state index contributed by atoms with van der Waals surface area (Å²) in [6.07, 6.45) is 2.68. The van der Waals surface area contributed by atoms with E-state index >= 15 is 0 Å². The van der Waals surface area contributed by atoms with Crippen molar-refractivity contribution in [2.24, 2.45) is 0 Å². The van der Waals surface area contributed by atoms with Crippen LogP contribution >= 0.6 is 11.8 Å². The lowest BCUT2D eigenvalue weighted by Gasteiger charge is -2.04. The second kappa shape index (κ2) is 5.69. The molecule has 0 aliphatic carbocycles. The minimum Gasteiger partial charge on any atom is -0.282 e. The van der Waals surface area contributed by atoms with Crippen LogP contribution in [-0.4, -0.2) is 11.4 Å². The third-order valence-electron chi connectivity index (χ3n) is 2.60. The standard InChI is InChI=1S/C15H14OS/c1-17-15(16)14-9-5-8-13(11-14)10-12-6-3-2-4-7-12/h2-9,11H,10H2,1H3. The van der Waals surface area contributed by atoms with E-state index in [1.165, 1.54) is 22.9 Å². The molecule has 0 saturated heterocycles. The molecule has 2 rings (SSSR count). The van der Waals surface area contributed by atoms with Crippen molar-refractivity contribution in [2.45, 2.75) is 6.42 Å². The maximum Gasteiger partial charge on any atom is 0.219 e. The molecule has 0 N–H and O–H groups in total. The highest BCUT2D eigenvalue weighted by Crippen LogP contribution is 2.14. The van der Waals surface area contributed by atoms with Crippen LogP contribution in [0.4, 0.5) is 0 Å². The molecular formula is C15H14OS. The first kappa shape index (κ1) is 11.9. The summed E-state index contributed by atoms with van der Waals surface area (Å²) in [5, 5.41) is 0.125. The van der Waals surface area contributed by atoms with Gasteiger partial charge in [0.2, 0.25) is 5.12 Å². The van der Waals surface area contributed by atoms with E-state index in [0.29, 0.717) is 0 Å². The van der Waals surface area contributed by atoms with E-state index in [2.05, 4.69) is 18.2 Å². The zero-order chi connectivity index (χ0) is 12.1. The van der Waals surface area contributed by atoms with Crippen LogP contribution in [0, 0.1) is 0 Å².